The number of thioether (sulfide) groups is 1. The molecule has 19 heavy (non-hydrogen) atoms. The van der Waals surface area contributed by atoms with Gasteiger partial charge in [0, 0.05) is 16.7 Å². The highest BCUT2D eigenvalue weighted by molar-refractivity contribution is 7.99. The lowest BCUT2D eigenvalue weighted by Gasteiger charge is -2.27. The zero-order chi connectivity index (χ0) is 13.9. The standard InChI is InChI=1S/C15H21NO2S/c1-11-5-4-6-13(9-11)19-10-15(2,14(17)18-3)16-12-7-8-12/h4-6,9,12,16H,7-8,10H2,1-3H3. The predicted molar refractivity (Wildman–Crippen MR) is 78.5 cm³/mol. The van der Waals surface area contributed by atoms with Crippen molar-refractivity contribution in [3.8, 4) is 0 Å². The van der Waals surface area contributed by atoms with Crippen LogP contribution in [-0.2, 0) is 9.53 Å². The third-order valence-electron chi connectivity index (χ3n) is 3.25. The average Bonchev–Trinajstić information content (AvgIpc) is 3.19. The summed E-state index contributed by atoms with van der Waals surface area (Å²) in [5, 5.41) is 3.41. The molecule has 1 aromatic rings. The summed E-state index contributed by atoms with van der Waals surface area (Å²) in [4.78, 5) is 13.2. The predicted octanol–water partition coefficient (Wildman–Crippen LogP) is 2.77. The molecule has 3 nitrogen and oxygen atoms in total. The minimum atomic E-state index is -0.607. The molecule has 0 heterocycles. The number of ether oxygens (including phenoxy) is 1. The van der Waals surface area contributed by atoms with Crippen molar-refractivity contribution >= 4 is 17.7 Å². The quantitative estimate of drug-likeness (QED) is 0.642. The maximum Gasteiger partial charge on any atom is 0.326 e. The van der Waals surface area contributed by atoms with Crippen LogP contribution in [0.25, 0.3) is 0 Å². The normalized spacial score (nSPS) is 17.8. The maximum atomic E-state index is 12.0. The lowest BCUT2D eigenvalue weighted by Crippen LogP contribution is -2.53. The Bertz CT molecular complexity index is 459. The third kappa shape index (κ3) is 3.98. The van der Waals surface area contributed by atoms with Crippen molar-refractivity contribution in [3.05, 3.63) is 29.8 Å². The second-order valence-corrected chi connectivity index (χ2v) is 6.40. The van der Waals surface area contributed by atoms with E-state index in [9.17, 15) is 4.79 Å². The van der Waals surface area contributed by atoms with Crippen LogP contribution in [0.2, 0.25) is 0 Å². The third-order valence-corrected chi connectivity index (χ3v) is 4.56. The Kier molecular flexibility index (Phi) is 4.53. The van der Waals surface area contributed by atoms with E-state index in [0.717, 1.165) is 12.8 Å². The van der Waals surface area contributed by atoms with Crippen LogP contribution in [0.1, 0.15) is 25.3 Å². The fourth-order valence-electron chi connectivity index (χ4n) is 2.00. The summed E-state index contributed by atoms with van der Waals surface area (Å²) < 4.78 is 4.94. The fourth-order valence-corrected chi connectivity index (χ4v) is 3.10. The second-order valence-electron chi connectivity index (χ2n) is 5.35. The summed E-state index contributed by atoms with van der Waals surface area (Å²) in [5.74, 6) is 0.499. The van der Waals surface area contributed by atoms with E-state index in [1.807, 2.05) is 13.0 Å². The molecule has 0 aliphatic heterocycles. The van der Waals surface area contributed by atoms with Crippen LogP contribution in [0.3, 0.4) is 0 Å². The van der Waals surface area contributed by atoms with E-state index < -0.39 is 5.54 Å². The first-order chi connectivity index (χ1) is 9.03. The summed E-state index contributed by atoms with van der Waals surface area (Å²) in [5.41, 5.74) is 0.629. The summed E-state index contributed by atoms with van der Waals surface area (Å²) >= 11 is 1.69. The van der Waals surface area contributed by atoms with Crippen molar-refractivity contribution in [3.63, 3.8) is 0 Å². The molecular weight excluding hydrogens is 258 g/mol. The fraction of sp³-hybridized carbons (Fsp3) is 0.533. The Labute approximate surface area is 119 Å². The second kappa shape index (κ2) is 5.97. The number of nitrogens with one attached hydrogen (secondary N) is 1. The van der Waals surface area contributed by atoms with Crippen molar-refractivity contribution in [2.75, 3.05) is 12.9 Å². The molecular formula is C15H21NO2S. The molecule has 1 saturated carbocycles. The van der Waals surface area contributed by atoms with Gasteiger partial charge < -0.3 is 4.74 Å². The highest BCUT2D eigenvalue weighted by Crippen LogP contribution is 2.28. The van der Waals surface area contributed by atoms with Crippen molar-refractivity contribution < 1.29 is 9.53 Å². The zero-order valence-corrected chi connectivity index (χ0v) is 12.5. The van der Waals surface area contributed by atoms with Crippen molar-refractivity contribution in [2.45, 2.75) is 43.2 Å². The summed E-state index contributed by atoms with van der Waals surface area (Å²) in [6.07, 6.45) is 2.31. The van der Waals surface area contributed by atoms with E-state index in [4.69, 9.17) is 4.74 Å². The topological polar surface area (TPSA) is 38.3 Å². The molecule has 1 aliphatic rings. The number of carbonyl (C=O) groups excluding carboxylic acids is 1. The molecule has 1 aliphatic carbocycles. The van der Waals surface area contributed by atoms with Gasteiger partial charge in [0.05, 0.1) is 7.11 Å². The molecule has 0 saturated heterocycles. The first kappa shape index (κ1) is 14.4. The van der Waals surface area contributed by atoms with E-state index in [1.165, 1.54) is 17.6 Å². The van der Waals surface area contributed by atoms with E-state index in [0.29, 0.717) is 11.8 Å². The molecule has 0 spiro atoms. The molecule has 4 heteroatoms. The highest BCUT2D eigenvalue weighted by Gasteiger charge is 2.39. The van der Waals surface area contributed by atoms with Crippen LogP contribution >= 0.6 is 11.8 Å². The largest absolute Gasteiger partial charge is 0.468 e. The van der Waals surface area contributed by atoms with E-state index in [2.05, 4.69) is 30.4 Å². The summed E-state index contributed by atoms with van der Waals surface area (Å²) in [6, 6.07) is 8.81. The summed E-state index contributed by atoms with van der Waals surface area (Å²) in [7, 11) is 1.45. The smallest absolute Gasteiger partial charge is 0.326 e. The molecule has 1 unspecified atom stereocenters. The Hall–Kier alpha value is -1.00. The van der Waals surface area contributed by atoms with Gasteiger partial charge in [-0.2, -0.15) is 0 Å². The number of methoxy groups -OCH3 is 1. The van der Waals surface area contributed by atoms with Gasteiger partial charge in [-0.15, -0.1) is 11.8 Å². The molecule has 1 atom stereocenters. The van der Waals surface area contributed by atoms with Crippen LogP contribution in [0.15, 0.2) is 29.2 Å². The monoisotopic (exact) mass is 279 g/mol. The first-order valence-electron chi connectivity index (χ1n) is 6.59. The lowest BCUT2D eigenvalue weighted by atomic mass is 10.1. The van der Waals surface area contributed by atoms with Crippen molar-refractivity contribution in [1.29, 1.82) is 0 Å². The highest BCUT2D eigenvalue weighted by atomic mass is 32.2. The molecule has 0 bridgehead atoms. The zero-order valence-electron chi connectivity index (χ0n) is 11.7. The van der Waals surface area contributed by atoms with Crippen LogP contribution in [0, 0.1) is 6.92 Å². The van der Waals surface area contributed by atoms with Gasteiger partial charge in [0.2, 0.25) is 0 Å². The van der Waals surface area contributed by atoms with Crippen LogP contribution in [-0.4, -0.2) is 30.4 Å². The van der Waals surface area contributed by atoms with E-state index in [-0.39, 0.29) is 5.97 Å². The van der Waals surface area contributed by atoms with E-state index >= 15 is 0 Å². The van der Waals surface area contributed by atoms with Gasteiger partial charge in [-0.1, -0.05) is 17.7 Å². The minimum absolute atomic E-state index is 0.181. The number of rotatable bonds is 6. The van der Waals surface area contributed by atoms with E-state index in [1.54, 1.807) is 11.8 Å². The SMILES string of the molecule is COC(=O)C(C)(CSc1cccc(C)c1)NC1CC1. The summed E-state index contributed by atoms with van der Waals surface area (Å²) in [6.45, 7) is 4.01. The van der Waals surface area contributed by atoms with Gasteiger partial charge in [-0.25, -0.2) is 0 Å². The van der Waals surface area contributed by atoms with Crippen molar-refractivity contribution in [1.82, 2.24) is 5.32 Å². The number of hydrogen-bond acceptors (Lipinski definition) is 4. The van der Waals surface area contributed by atoms with Gasteiger partial charge in [-0.05, 0) is 38.8 Å². The first-order valence-corrected chi connectivity index (χ1v) is 7.57. The van der Waals surface area contributed by atoms with Crippen LogP contribution in [0.4, 0.5) is 0 Å². The van der Waals surface area contributed by atoms with Gasteiger partial charge in [-0.3, -0.25) is 10.1 Å². The molecule has 1 aromatic carbocycles. The Morgan fingerprint density at radius 2 is 2.26 bits per heavy atom. The Balaban J connectivity index is 2.01. The minimum Gasteiger partial charge on any atom is -0.468 e. The molecule has 0 radical (unpaired) electrons. The van der Waals surface area contributed by atoms with Crippen molar-refractivity contribution in [2.24, 2.45) is 0 Å². The molecule has 1 N–H and O–H groups in total. The average molecular weight is 279 g/mol. The molecule has 2 rings (SSSR count). The van der Waals surface area contributed by atoms with Gasteiger partial charge in [0.25, 0.3) is 0 Å². The Morgan fingerprint density at radius 1 is 1.53 bits per heavy atom. The number of aryl methyl sites for hydroxylation is 1. The van der Waals surface area contributed by atoms with Crippen LogP contribution in [0.5, 0.6) is 0 Å². The van der Waals surface area contributed by atoms with Gasteiger partial charge in [0.1, 0.15) is 5.54 Å². The van der Waals surface area contributed by atoms with Gasteiger partial charge in [0.15, 0.2) is 0 Å². The number of carbonyl (C=O) groups is 1. The number of benzene rings is 1. The lowest BCUT2D eigenvalue weighted by molar-refractivity contribution is -0.146. The molecule has 1 fully saturated rings. The maximum absolute atomic E-state index is 12.0. The van der Waals surface area contributed by atoms with Crippen LogP contribution < -0.4 is 5.32 Å². The molecule has 0 amide bonds. The number of esters is 1. The molecule has 104 valence electrons. The Morgan fingerprint density at radius 3 is 2.84 bits per heavy atom. The molecule has 0 aromatic heterocycles. The van der Waals surface area contributed by atoms with Gasteiger partial charge >= 0.3 is 5.97 Å². The number of hydrogen-bond donors (Lipinski definition) is 1.